The highest BCUT2D eigenvalue weighted by Crippen LogP contribution is 2.06. The molecule has 1 heterocycles. The van der Waals surface area contributed by atoms with Gasteiger partial charge < -0.3 is 33.5 Å². The fourth-order valence-electron chi connectivity index (χ4n) is 1.50. The summed E-state index contributed by atoms with van der Waals surface area (Å²) in [5.74, 6) is -1.31. The number of hydrogen-bond acceptors (Lipinski definition) is 7. The first-order chi connectivity index (χ1) is 9.71. The molecule has 0 spiro atoms. The van der Waals surface area contributed by atoms with Crippen LogP contribution in [-0.2, 0) is 28.4 Å². The van der Waals surface area contributed by atoms with Crippen molar-refractivity contribution < 1.29 is 33.5 Å². The molecule has 1 fully saturated rings. The molecule has 1 rings (SSSR count). The maximum absolute atomic E-state index is 9.88. The molecule has 0 aromatic carbocycles. The molecule has 1 N–H and O–H groups in total. The van der Waals surface area contributed by atoms with E-state index in [0.717, 1.165) is 0 Å². The van der Waals surface area contributed by atoms with E-state index in [2.05, 4.69) is 0 Å². The average Bonchev–Trinajstić information content (AvgIpc) is 2.41. The van der Waals surface area contributed by atoms with Gasteiger partial charge in [0.25, 0.3) is 0 Å². The van der Waals surface area contributed by atoms with Gasteiger partial charge in [0.1, 0.15) is 6.61 Å². The SMILES string of the molecule is CC1(O)COCCOCCOCCOCCOCCO1. The molecule has 1 atom stereocenters. The summed E-state index contributed by atoms with van der Waals surface area (Å²) in [6.07, 6.45) is 0. The molecule has 0 bridgehead atoms. The van der Waals surface area contributed by atoms with Crippen molar-refractivity contribution >= 4 is 0 Å². The molecule has 1 aliphatic heterocycles. The lowest BCUT2D eigenvalue weighted by Crippen LogP contribution is -2.36. The largest absolute Gasteiger partial charge is 0.377 e. The molecule has 1 aliphatic rings. The Kier molecular flexibility index (Phi) is 10.1. The molecule has 0 radical (unpaired) electrons. The number of hydrogen-bond donors (Lipinski definition) is 1. The van der Waals surface area contributed by atoms with Gasteiger partial charge in [0, 0.05) is 0 Å². The van der Waals surface area contributed by atoms with E-state index in [1.807, 2.05) is 0 Å². The van der Waals surface area contributed by atoms with Gasteiger partial charge in [-0.25, -0.2) is 0 Å². The first-order valence-electron chi connectivity index (χ1n) is 6.96. The molecular formula is C13H26O7. The van der Waals surface area contributed by atoms with Crippen molar-refractivity contribution in [3.05, 3.63) is 0 Å². The molecule has 1 saturated heterocycles. The maximum Gasteiger partial charge on any atom is 0.186 e. The summed E-state index contributed by atoms with van der Waals surface area (Å²) < 4.78 is 31.8. The maximum atomic E-state index is 9.88. The minimum absolute atomic E-state index is 0.0932. The first-order valence-corrected chi connectivity index (χ1v) is 6.96. The monoisotopic (exact) mass is 294 g/mol. The average molecular weight is 294 g/mol. The van der Waals surface area contributed by atoms with Crippen LogP contribution in [0.2, 0.25) is 0 Å². The van der Waals surface area contributed by atoms with Crippen LogP contribution >= 0.6 is 0 Å². The second-order valence-corrected chi connectivity index (χ2v) is 4.53. The Hall–Kier alpha value is -0.280. The van der Waals surface area contributed by atoms with Crippen LogP contribution in [0.5, 0.6) is 0 Å². The minimum Gasteiger partial charge on any atom is -0.377 e. The number of rotatable bonds is 0. The molecular weight excluding hydrogens is 268 g/mol. The topological polar surface area (TPSA) is 75.6 Å². The molecule has 20 heavy (non-hydrogen) atoms. The first kappa shape index (κ1) is 17.8. The van der Waals surface area contributed by atoms with E-state index in [1.165, 1.54) is 0 Å². The highest BCUT2D eigenvalue weighted by atomic mass is 16.7. The van der Waals surface area contributed by atoms with Crippen LogP contribution in [0.1, 0.15) is 6.92 Å². The Morgan fingerprint density at radius 1 is 0.600 bits per heavy atom. The van der Waals surface area contributed by atoms with Crippen molar-refractivity contribution in [1.29, 1.82) is 0 Å². The fraction of sp³-hybridized carbons (Fsp3) is 1.00. The summed E-state index contributed by atoms with van der Waals surface area (Å²) in [7, 11) is 0. The third-order valence-electron chi connectivity index (χ3n) is 2.50. The van der Waals surface area contributed by atoms with Gasteiger partial charge in [-0.15, -0.1) is 0 Å². The lowest BCUT2D eigenvalue weighted by Gasteiger charge is -2.23. The summed E-state index contributed by atoms with van der Waals surface area (Å²) in [5, 5.41) is 9.88. The zero-order chi connectivity index (χ0) is 14.5. The normalized spacial score (nSPS) is 30.3. The van der Waals surface area contributed by atoms with Crippen LogP contribution in [0, 0.1) is 0 Å². The van der Waals surface area contributed by atoms with Crippen molar-refractivity contribution in [1.82, 2.24) is 0 Å². The molecule has 7 nitrogen and oxygen atoms in total. The Labute approximate surface area is 120 Å². The lowest BCUT2D eigenvalue weighted by molar-refractivity contribution is -0.226. The molecule has 7 heteroatoms. The van der Waals surface area contributed by atoms with Gasteiger partial charge in [0.05, 0.1) is 66.1 Å². The van der Waals surface area contributed by atoms with E-state index in [1.54, 1.807) is 6.92 Å². The molecule has 120 valence electrons. The van der Waals surface area contributed by atoms with Gasteiger partial charge in [-0.1, -0.05) is 0 Å². The van der Waals surface area contributed by atoms with E-state index in [9.17, 15) is 5.11 Å². The molecule has 0 aromatic heterocycles. The van der Waals surface area contributed by atoms with Crippen LogP contribution in [0.25, 0.3) is 0 Å². The highest BCUT2D eigenvalue weighted by molar-refractivity contribution is 4.58. The Bertz CT molecular complexity index is 203. The standard InChI is InChI=1S/C13H26O7/c1-13(14)12-19-9-8-17-5-4-15-2-3-16-6-7-18-10-11-20-13/h14H,2-12H2,1H3. The summed E-state index contributed by atoms with van der Waals surface area (Å²) >= 11 is 0. The Balaban J connectivity index is 2.18. The second-order valence-electron chi connectivity index (χ2n) is 4.53. The van der Waals surface area contributed by atoms with Crippen molar-refractivity contribution in [2.75, 3.05) is 72.7 Å². The van der Waals surface area contributed by atoms with E-state index >= 15 is 0 Å². The third kappa shape index (κ3) is 10.5. The smallest absolute Gasteiger partial charge is 0.186 e. The van der Waals surface area contributed by atoms with Crippen LogP contribution in [0.4, 0.5) is 0 Å². The molecule has 0 aromatic rings. The van der Waals surface area contributed by atoms with Crippen LogP contribution in [0.15, 0.2) is 0 Å². The third-order valence-corrected chi connectivity index (χ3v) is 2.50. The van der Waals surface area contributed by atoms with Crippen LogP contribution in [0.3, 0.4) is 0 Å². The van der Waals surface area contributed by atoms with Crippen molar-refractivity contribution in [2.24, 2.45) is 0 Å². The predicted octanol–water partition coefficient (Wildman–Crippen LogP) is -0.192. The Morgan fingerprint density at radius 3 is 1.40 bits per heavy atom. The summed E-state index contributed by atoms with van der Waals surface area (Å²) in [6.45, 7) is 6.35. The van der Waals surface area contributed by atoms with Crippen molar-refractivity contribution in [3.63, 3.8) is 0 Å². The van der Waals surface area contributed by atoms with Gasteiger partial charge in [-0.2, -0.15) is 0 Å². The summed E-state index contributed by atoms with van der Waals surface area (Å²) in [6, 6.07) is 0. The Morgan fingerprint density at radius 2 is 0.950 bits per heavy atom. The minimum atomic E-state index is -1.31. The van der Waals surface area contributed by atoms with Gasteiger partial charge >= 0.3 is 0 Å². The zero-order valence-corrected chi connectivity index (χ0v) is 12.2. The molecule has 0 aliphatic carbocycles. The van der Waals surface area contributed by atoms with Gasteiger partial charge in [-0.3, -0.25) is 0 Å². The van der Waals surface area contributed by atoms with Crippen LogP contribution in [-0.4, -0.2) is 83.6 Å². The predicted molar refractivity (Wildman–Crippen MR) is 70.7 cm³/mol. The van der Waals surface area contributed by atoms with E-state index < -0.39 is 5.79 Å². The second kappa shape index (κ2) is 11.4. The van der Waals surface area contributed by atoms with E-state index in [0.29, 0.717) is 66.1 Å². The van der Waals surface area contributed by atoms with Crippen LogP contribution < -0.4 is 0 Å². The molecule has 0 amide bonds. The van der Waals surface area contributed by atoms with Crippen molar-refractivity contribution in [3.8, 4) is 0 Å². The zero-order valence-electron chi connectivity index (χ0n) is 12.2. The number of aliphatic hydroxyl groups is 1. The van der Waals surface area contributed by atoms with Gasteiger partial charge in [0.2, 0.25) is 0 Å². The number of ether oxygens (including phenoxy) is 6. The molecule has 0 saturated carbocycles. The van der Waals surface area contributed by atoms with Gasteiger partial charge in [0.15, 0.2) is 5.79 Å². The van der Waals surface area contributed by atoms with E-state index in [-0.39, 0.29) is 6.61 Å². The van der Waals surface area contributed by atoms with E-state index in [4.69, 9.17) is 28.4 Å². The summed E-state index contributed by atoms with van der Waals surface area (Å²) in [5.41, 5.74) is 0. The molecule has 1 unspecified atom stereocenters. The summed E-state index contributed by atoms with van der Waals surface area (Å²) in [4.78, 5) is 0. The quantitative estimate of drug-likeness (QED) is 0.663. The lowest BCUT2D eigenvalue weighted by atomic mass is 10.3. The van der Waals surface area contributed by atoms with Crippen molar-refractivity contribution in [2.45, 2.75) is 12.7 Å². The van der Waals surface area contributed by atoms with Gasteiger partial charge in [-0.05, 0) is 6.92 Å². The highest BCUT2D eigenvalue weighted by Gasteiger charge is 2.20. The fourth-order valence-corrected chi connectivity index (χ4v) is 1.50.